The van der Waals surface area contributed by atoms with Gasteiger partial charge in [0.05, 0.1) is 31.9 Å². The largest absolute Gasteiger partial charge is 0.496 e. The number of rotatable bonds is 6. The van der Waals surface area contributed by atoms with E-state index in [0.29, 0.717) is 49.0 Å². The summed E-state index contributed by atoms with van der Waals surface area (Å²) in [6, 6.07) is 4.24. The molecule has 2 aromatic rings. The van der Waals surface area contributed by atoms with Crippen LogP contribution in [0.2, 0.25) is 5.02 Å². The van der Waals surface area contributed by atoms with Gasteiger partial charge in [-0.1, -0.05) is 11.6 Å². The number of alkyl halides is 3. The van der Waals surface area contributed by atoms with Gasteiger partial charge >= 0.3 is 6.18 Å². The topological polar surface area (TPSA) is 64.1 Å². The molecule has 33 heavy (non-hydrogen) atoms. The summed E-state index contributed by atoms with van der Waals surface area (Å²) < 4.78 is 54.4. The zero-order chi connectivity index (χ0) is 24.2. The molecule has 1 fully saturated rings. The number of methoxy groups -OCH3 is 3. The Morgan fingerprint density at radius 3 is 2.15 bits per heavy atom. The number of hydrogen-bond acceptors (Lipinski definition) is 6. The lowest BCUT2D eigenvalue weighted by Crippen LogP contribution is -2.48. The van der Waals surface area contributed by atoms with Gasteiger partial charge in [-0.05, 0) is 18.2 Å². The molecule has 1 saturated heterocycles. The average molecular weight is 486 g/mol. The monoisotopic (exact) mass is 485 g/mol. The van der Waals surface area contributed by atoms with Gasteiger partial charge in [0.25, 0.3) is 0 Å². The standard InChI is InChI=1S/C22H23ClF3N3O4/c1-31-17-12-19(33-3)18(32-2)10-14(17)4-5-20(30)28-6-8-29(9-7-28)21-16(23)11-15(13-27-21)22(24,25)26/h4-5,10-13H,6-9H2,1-3H3/b5-4+. The Kier molecular flexibility index (Phi) is 7.57. The highest BCUT2D eigenvalue weighted by atomic mass is 35.5. The third kappa shape index (κ3) is 5.62. The molecular formula is C22H23ClF3N3O4. The number of benzene rings is 1. The van der Waals surface area contributed by atoms with E-state index in [-0.39, 0.29) is 16.7 Å². The molecule has 1 aliphatic rings. The lowest BCUT2D eigenvalue weighted by Gasteiger charge is -2.35. The molecule has 3 rings (SSSR count). The minimum atomic E-state index is -4.51. The van der Waals surface area contributed by atoms with Gasteiger partial charge in [0.15, 0.2) is 11.5 Å². The van der Waals surface area contributed by atoms with Crippen LogP contribution in [0.1, 0.15) is 11.1 Å². The van der Waals surface area contributed by atoms with E-state index in [1.54, 1.807) is 28.0 Å². The van der Waals surface area contributed by atoms with E-state index in [1.807, 2.05) is 0 Å². The number of aromatic nitrogens is 1. The van der Waals surface area contributed by atoms with Gasteiger partial charge in [-0.3, -0.25) is 4.79 Å². The van der Waals surface area contributed by atoms with Crippen molar-refractivity contribution < 1.29 is 32.2 Å². The Labute approximate surface area is 194 Å². The fourth-order valence-corrected chi connectivity index (χ4v) is 3.69. The molecule has 1 aromatic carbocycles. The molecule has 1 amide bonds. The molecular weight excluding hydrogens is 463 g/mol. The van der Waals surface area contributed by atoms with Crippen LogP contribution < -0.4 is 19.1 Å². The Bertz CT molecular complexity index is 1040. The van der Waals surface area contributed by atoms with Crippen molar-refractivity contribution in [2.24, 2.45) is 0 Å². The van der Waals surface area contributed by atoms with Crippen LogP contribution in [-0.4, -0.2) is 63.3 Å². The van der Waals surface area contributed by atoms with E-state index in [4.69, 9.17) is 25.8 Å². The van der Waals surface area contributed by atoms with Crippen molar-refractivity contribution in [1.82, 2.24) is 9.88 Å². The molecule has 1 aliphatic heterocycles. The number of amides is 1. The van der Waals surface area contributed by atoms with Gasteiger partial charge in [-0.15, -0.1) is 0 Å². The maximum atomic E-state index is 12.8. The molecule has 2 heterocycles. The molecule has 0 aliphatic carbocycles. The minimum Gasteiger partial charge on any atom is -0.496 e. The lowest BCUT2D eigenvalue weighted by atomic mass is 10.1. The molecule has 0 radical (unpaired) electrons. The number of pyridine rings is 1. The number of carbonyl (C=O) groups is 1. The van der Waals surface area contributed by atoms with E-state index in [2.05, 4.69) is 4.98 Å². The minimum absolute atomic E-state index is 0.0787. The average Bonchev–Trinajstić information content (AvgIpc) is 2.81. The maximum Gasteiger partial charge on any atom is 0.417 e. The smallest absolute Gasteiger partial charge is 0.417 e. The van der Waals surface area contributed by atoms with Crippen LogP contribution in [-0.2, 0) is 11.0 Å². The molecule has 0 unspecified atom stereocenters. The number of hydrogen-bond donors (Lipinski definition) is 0. The number of anilines is 1. The maximum absolute atomic E-state index is 12.8. The van der Waals surface area contributed by atoms with E-state index in [0.717, 1.165) is 12.3 Å². The second-order valence-electron chi connectivity index (χ2n) is 7.12. The number of halogens is 4. The van der Waals surface area contributed by atoms with Crippen LogP contribution in [0, 0.1) is 0 Å². The van der Waals surface area contributed by atoms with Gasteiger partial charge in [0.1, 0.15) is 11.6 Å². The van der Waals surface area contributed by atoms with Gasteiger partial charge in [0, 0.05) is 50.1 Å². The van der Waals surface area contributed by atoms with Crippen LogP contribution in [0.5, 0.6) is 17.2 Å². The van der Waals surface area contributed by atoms with Crippen molar-refractivity contribution in [3.8, 4) is 17.2 Å². The van der Waals surface area contributed by atoms with Crippen molar-refractivity contribution in [1.29, 1.82) is 0 Å². The molecule has 7 nitrogen and oxygen atoms in total. The normalized spacial score (nSPS) is 14.5. The van der Waals surface area contributed by atoms with Crippen LogP contribution in [0.4, 0.5) is 19.0 Å². The van der Waals surface area contributed by atoms with Gasteiger partial charge in [-0.2, -0.15) is 13.2 Å². The van der Waals surface area contributed by atoms with Crippen molar-refractivity contribution in [2.75, 3.05) is 52.4 Å². The van der Waals surface area contributed by atoms with E-state index >= 15 is 0 Å². The molecule has 178 valence electrons. The second kappa shape index (κ2) is 10.2. The van der Waals surface area contributed by atoms with Gasteiger partial charge in [-0.25, -0.2) is 4.98 Å². The van der Waals surface area contributed by atoms with Gasteiger partial charge in [0.2, 0.25) is 5.91 Å². The molecule has 11 heteroatoms. The summed E-state index contributed by atoms with van der Waals surface area (Å²) in [5, 5.41) is -0.0787. The fourth-order valence-electron chi connectivity index (χ4n) is 3.41. The number of nitrogens with zero attached hydrogens (tertiary/aromatic N) is 3. The molecule has 0 saturated carbocycles. The van der Waals surface area contributed by atoms with Crippen LogP contribution >= 0.6 is 11.6 Å². The Balaban J connectivity index is 1.66. The van der Waals surface area contributed by atoms with Gasteiger partial charge < -0.3 is 24.0 Å². The van der Waals surface area contributed by atoms with Crippen molar-refractivity contribution in [2.45, 2.75) is 6.18 Å². The molecule has 0 atom stereocenters. The summed E-state index contributed by atoms with van der Waals surface area (Å²) in [5.74, 6) is 1.58. The first-order valence-corrected chi connectivity index (χ1v) is 10.3. The first-order chi connectivity index (χ1) is 15.7. The highest BCUT2D eigenvalue weighted by Crippen LogP contribution is 2.36. The highest BCUT2D eigenvalue weighted by molar-refractivity contribution is 6.33. The van der Waals surface area contributed by atoms with E-state index in [9.17, 15) is 18.0 Å². The third-order valence-corrected chi connectivity index (χ3v) is 5.46. The van der Waals surface area contributed by atoms with Crippen LogP contribution in [0.15, 0.2) is 30.5 Å². The third-order valence-electron chi connectivity index (χ3n) is 5.18. The Morgan fingerprint density at radius 1 is 1.00 bits per heavy atom. The highest BCUT2D eigenvalue weighted by Gasteiger charge is 2.32. The Hall–Kier alpha value is -3.14. The Morgan fingerprint density at radius 2 is 1.61 bits per heavy atom. The fraction of sp³-hybridized carbons (Fsp3) is 0.364. The van der Waals surface area contributed by atoms with Crippen LogP contribution in [0.3, 0.4) is 0 Å². The molecule has 0 spiro atoms. The zero-order valence-electron chi connectivity index (χ0n) is 18.3. The predicted molar refractivity (Wildman–Crippen MR) is 118 cm³/mol. The first-order valence-electron chi connectivity index (χ1n) is 9.92. The summed E-state index contributed by atoms with van der Waals surface area (Å²) in [5.41, 5.74) is -0.260. The van der Waals surface area contributed by atoms with E-state index < -0.39 is 11.7 Å². The first kappa shape index (κ1) is 24.5. The SMILES string of the molecule is COc1cc(OC)c(OC)cc1/C=C/C(=O)N1CCN(c2ncc(C(F)(F)F)cc2Cl)CC1. The molecule has 1 aromatic heterocycles. The van der Waals surface area contributed by atoms with Crippen molar-refractivity contribution >= 4 is 29.4 Å². The predicted octanol–water partition coefficient (Wildman–Crippen LogP) is 4.14. The van der Waals surface area contributed by atoms with Crippen LogP contribution in [0.25, 0.3) is 6.08 Å². The summed E-state index contributed by atoms with van der Waals surface area (Å²) in [6.07, 6.45) is -0.687. The molecule has 0 N–H and O–H groups in total. The number of ether oxygens (including phenoxy) is 3. The zero-order valence-corrected chi connectivity index (χ0v) is 19.0. The number of piperazine rings is 1. The molecule has 0 bridgehead atoms. The number of carbonyl (C=O) groups excluding carboxylic acids is 1. The summed E-state index contributed by atoms with van der Waals surface area (Å²) in [6.45, 7) is 1.51. The van der Waals surface area contributed by atoms with Crippen molar-refractivity contribution in [3.05, 3.63) is 46.6 Å². The summed E-state index contributed by atoms with van der Waals surface area (Å²) in [7, 11) is 4.55. The van der Waals surface area contributed by atoms with E-state index in [1.165, 1.54) is 27.4 Å². The quantitative estimate of drug-likeness (QED) is 0.573. The van der Waals surface area contributed by atoms with Crippen molar-refractivity contribution in [3.63, 3.8) is 0 Å². The summed E-state index contributed by atoms with van der Waals surface area (Å²) >= 11 is 6.03. The summed E-state index contributed by atoms with van der Waals surface area (Å²) in [4.78, 5) is 19.9. The lowest BCUT2D eigenvalue weighted by molar-refractivity contribution is -0.137. The second-order valence-corrected chi connectivity index (χ2v) is 7.53.